The second-order valence-electron chi connectivity index (χ2n) is 12.2. The van der Waals surface area contributed by atoms with E-state index in [1.54, 1.807) is 33.7 Å². The van der Waals surface area contributed by atoms with Gasteiger partial charge in [-0.2, -0.15) is 0 Å². The van der Waals surface area contributed by atoms with Crippen LogP contribution in [0.1, 0.15) is 31.4 Å². The molecule has 0 saturated carbocycles. The number of carbonyl (C=O) groups is 3. The average Bonchev–Trinajstić information content (AvgIpc) is 3.73. The van der Waals surface area contributed by atoms with E-state index in [1.165, 1.54) is 4.90 Å². The number of hydrogen-bond acceptors (Lipinski definition) is 7. The van der Waals surface area contributed by atoms with Gasteiger partial charge < -0.3 is 24.5 Å². The number of carbonyl (C=O) groups excluding carboxylic acids is 3. The molecule has 1 N–H and O–H groups in total. The summed E-state index contributed by atoms with van der Waals surface area (Å²) in [5.74, 6) is -2.66. The van der Waals surface area contributed by atoms with E-state index in [0.29, 0.717) is 30.5 Å². The minimum absolute atomic E-state index is 0.0570. The highest BCUT2D eigenvalue weighted by atomic mass is 16.5. The van der Waals surface area contributed by atoms with Crippen LogP contribution in [0.25, 0.3) is 11.0 Å². The summed E-state index contributed by atoms with van der Waals surface area (Å²) in [6.45, 7) is 9.63. The molecule has 3 amide bonds. The minimum atomic E-state index is -1.26. The molecule has 2 bridgehead atoms. The number of rotatable bonds is 11. The van der Waals surface area contributed by atoms with Crippen LogP contribution in [0.15, 0.2) is 79.9 Å². The van der Waals surface area contributed by atoms with Gasteiger partial charge in [-0.15, -0.1) is 18.3 Å². The Balaban J connectivity index is 1.46. The Bertz CT molecular complexity index is 1610. The summed E-state index contributed by atoms with van der Waals surface area (Å²) in [5.41, 5.74) is -0.0598. The molecular formula is C33H38N6O5. The van der Waals surface area contributed by atoms with Crippen LogP contribution >= 0.6 is 0 Å². The third-order valence-electron chi connectivity index (χ3n) is 9.57. The molecule has 4 heterocycles. The SMILES string of the molecule is C=CCN(C)C(=O)[C@@H]1[C@H]2C(=O)N([C@H](CO)c3ccccc3)C(C(=O)N(CC=C)Cn3nnc4ccccc43)C23CC[C@@]1(C)O3. The Hall–Kier alpha value is -4.35. The standard InChI is InChI=1S/C33H38N6O5/c1-5-18-36(4)29(41)26-27-30(42)39(25(20-40)22-12-8-7-9-13-22)28(33(27)17-16-32(26,3)44-33)31(43)37(19-6-2)21-38-24-15-11-10-14-23(24)34-35-38/h5-15,25-28,40H,1-2,16-21H2,3-4H3/t25-,26+,27+,28?,32-,33?/m1/s1. The number of aliphatic hydroxyl groups is 1. The average molecular weight is 599 g/mol. The van der Waals surface area contributed by atoms with E-state index in [0.717, 1.165) is 5.52 Å². The number of nitrogens with zero attached hydrogens (tertiary/aromatic N) is 6. The normalized spacial score (nSPS) is 27.8. The fourth-order valence-corrected chi connectivity index (χ4v) is 7.64. The molecule has 3 saturated heterocycles. The predicted molar refractivity (Wildman–Crippen MR) is 163 cm³/mol. The monoisotopic (exact) mass is 598 g/mol. The lowest BCUT2D eigenvalue weighted by atomic mass is 9.66. The topological polar surface area (TPSA) is 121 Å². The smallest absolute Gasteiger partial charge is 0.250 e. The van der Waals surface area contributed by atoms with Crippen molar-refractivity contribution in [2.24, 2.45) is 11.8 Å². The number of amides is 3. The van der Waals surface area contributed by atoms with Gasteiger partial charge in [0.2, 0.25) is 17.7 Å². The lowest BCUT2D eigenvalue weighted by molar-refractivity contribution is -0.157. The third kappa shape index (κ3) is 4.45. The number of likely N-dealkylation sites (tertiary alicyclic amines) is 1. The van der Waals surface area contributed by atoms with Crippen molar-refractivity contribution in [3.8, 4) is 0 Å². The van der Waals surface area contributed by atoms with Crippen LogP contribution < -0.4 is 0 Å². The van der Waals surface area contributed by atoms with Crippen molar-refractivity contribution < 1.29 is 24.2 Å². The molecule has 3 fully saturated rings. The van der Waals surface area contributed by atoms with Crippen LogP contribution in [0, 0.1) is 11.8 Å². The van der Waals surface area contributed by atoms with Crippen molar-refractivity contribution in [1.82, 2.24) is 29.7 Å². The van der Waals surface area contributed by atoms with Gasteiger partial charge >= 0.3 is 0 Å². The Labute approximate surface area is 256 Å². The molecule has 3 aromatic rings. The van der Waals surface area contributed by atoms with Crippen LogP contribution in [0.2, 0.25) is 0 Å². The molecule has 1 aromatic heterocycles. The maximum absolute atomic E-state index is 14.9. The first kappa shape index (κ1) is 29.7. The van der Waals surface area contributed by atoms with Gasteiger partial charge in [-0.25, -0.2) is 4.68 Å². The van der Waals surface area contributed by atoms with Gasteiger partial charge in [0.1, 0.15) is 23.8 Å². The molecule has 1 spiro atoms. The van der Waals surface area contributed by atoms with Crippen molar-refractivity contribution in [3.05, 3.63) is 85.5 Å². The fourth-order valence-electron chi connectivity index (χ4n) is 7.64. The lowest BCUT2D eigenvalue weighted by Crippen LogP contribution is -2.57. The van der Waals surface area contributed by atoms with Gasteiger partial charge in [0.25, 0.3) is 0 Å². The quantitative estimate of drug-likeness (QED) is 0.337. The molecule has 2 aromatic carbocycles. The van der Waals surface area contributed by atoms with Crippen molar-refractivity contribution in [3.63, 3.8) is 0 Å². The van der Waals surface area contributed by atoms with Crippen molar-refractivity contribution in [2.75, 3.05) is 26.7 Å². The summed E-state index contributed by atoms with van der Waals surface area (Å²) in [5, 5.41) is 19.3. The van der Waals surface area contributed by atoms with E-state index in [9.17, 15) is 19.5 Å². The molecule has 3 aliphatic heterocycles. The molecule has 3 aliphatic rings. The van der Waals surface area contributed by atoms with Crippen molar-refractivity contribution in [1.29, 1.82) is 0 Å². The van der Waals surface area contributed by atoms with Gasteiger partial charge in [0.05, 0.1) is 35.6 Å². The first-order chi connectivity index (χ1) is 21.2. The number of aromatic nitrogens is 3. The van der Waals surface area contributed by atoms with E-state index in [4.69, 9.17) is 4.74 Å². The summed E-state index contributed by atoms with van der Waals surface area (Å²) in [6.07, 6.45) is 4.19. The number of benzene rings is 2. The maximum atomic E-state index is 14.9. The lowest BCUT2D eigenvalue weighted by Gasteiger charge is -2.39. The largest absolute Gasteiger partial charge is 0.394 e. The number of para-hydroxylation sites is 1. The third-order valence-corrected chi connectivity index (χ3v) is 9.57. The first-order valence-electron chi connectivity index (χ1n) is 14.9. The van der Waals surface area contributed by atoms with Gasteiger partial charge in [0.15, 0.2) is 0 Å². The zero-order chi connectivity index (χ0) is 31.2. The van der Waals surface area contributed by atoms with Crippen LogP contribution in [0.3, 0.4) is 0 Å². The number of fused-ring (bicyclic) bond motifs is 2. The minimum Gasteiger partial charge on any atom is -0.394 e. The predicted octanol–water partition coefficient (Wildman–Crippen LogP) is 2.55. The van der Waals surface area contributed by atoms with E-state index < -0.39 is 41.7 Å². The van der Waals surface area contributed by atoms with Crippen LogP contribution in [-0.2, 0) is 25.8 Å². The highest BCUT2D eigenvalue weighted by Gasteiger charge is 2.78. The van der Waals surface area contributed by atoms with E-state index in [-0.39, 0.29) is 30.9 Å². The highest BCUT2D eigenvalue weighted by Crippen LogP contribution is 2.64. The number of ether oxygens (including phenoxy) is 1. The maximum Gasteiger partial charge on any atom is 0.250 e. The van der Waals surface area contributed by atoms with Crippen LogP contribution in [0.4, 0.5) is 0 Å². The Morgan fingerprint density at radius 2 is 1.80 bits per heavy atom. The molecule has 0 aliphatic carbocycles. The first-order valence-corrected chi connectivity index (χ1v) is 14.9. The Morgan fingerprint density at radius 3 is 2.50 bits per heavy atom. The van der Waals surface area contributed by atoms with Crippen molar-refractivity contribution >= 4 is 28.8 Å². The van der Waals surface area contributed by atoms with Crippen LogP contribution in [0.5, 0.6) is 0 Å². The molecule has 11 nitrogen and oxygen atoms in total. The second kappa shape index (κ2) is 11.3. The van der Waals surface area contributed by atoms with Gasteiger partial charge in [-0.3, -0.25) is 14.4 Å². The van der Waals surface area contributed by atoms with E-state index in [2.05, 4.69) is 23.5 Å². The second-order valence-corrected chi connectivity index (χ2v) is 12.2. The summed E-state index contributed by atoms with van der Waals surface area (Å²) in [7, 11) is 1.68. The molecule has 2 unspecified atom stereocenters. The molecule has 6 atom stereocenters. The molecule has 11 heteroatoms. The van der Waals surface area contributed by atoms with E-state index in [1.807, 2.05) is 61.5 Å². The summed E-state index contributed by atoms with van der Waals surface area (Å²) in [4.78, 5) is 48.1. The van der Waals surface area contributed by atoms with Gasteiger partial charge in [-0.1, -0.05) is 59.8 Å². The van der Waals surface area contributed by atoms with Crippen molar-refractivity contribution in [2.45, 2.75) is 49.7 Å². The molecular weight excluding hydrogens is 560 g/mol. The number of hydrogen-bond donors (Lipinski definition) is 1. The van der Waals surface area contributed by atoms with Crippen LogP contribution in [-0.4, -0.2) is 96.5 Å². The highest BCUT2D eigenvalue weighted by molar-refractivity contribution is 5.99. The molecule has 230 valence electrons. The molecule has 44 heavy (non-hydrogen) atoms. The number of aliphatic hydroxyl groups excluding tert-OH is 1. The zero-order valence-corrected chi connectivity index (χ0v) is 25.1. The van der Waals surface area contributed by atoms with Gasteiger partial charge in [-0.05, 0) is 37.5 Å². The molecule has 0 radical (unpaired) electrons. The molecule has 6 rings (SSSR count). The number of likely N-dealkylation sites (N-methyl/N-ethyl adjacent to an activating group) is 1. The summed E-state index contributed by atoms with van der Waals surface area (Å²) < 4.78 is 8.44. The zero-order valence-electron chi connectivity index (χ0n) is 25.1. The summed E-state index contributed by atoms with van der Waals surface area (Å²) >= 11 is 0. The van der Waals surface area contributed by atoms with Gasteiger partial charge in [0, 0.05) is 20.1 Å². The Morgan fingerprint density at radius 1 is 1.09 bits per heavy atom. The fraction of sp³-hybridized carbons (Fsp3) is 0.424. The van der Waals surface area contributed by atoms with E-state index >= 15 is 0 Å². The summed E-state index contributed by atoms with van der Waals surface area (Å²) in [6, 6.07) is 14.7. The Kier molecular flexibility index (Phi) is 7.63.